The van der Waals surface area contributed by atoms with Crippen LogP contribution in [0.15, 0.2) is 66.7 Å². The fourth-order valence-corrected chi connectivity index (χ4v) is 4.19. The molecule has 2 amide bonds. The van der Waals surface area contributed by atoms with E-state index in [1.54, 1.807) is 4.90 Å². The molecule has 170 valence electrons. The Labute approximate surface area is 195 Å². The number of pyridine rings is 1. The van der Waals surface area contributed by atoms with Crippen LogP contribution in [0.4, 0.5) is 5.82 Å². The van der Waals surface area contributed by atoms with Crippen LogP contribution in [0, 0.1) is 12.3 Å². The molecule has 1 atom stereocenters. The molecule has 3 aromatic rings. The van der Waals surface area contributed by atoms with Gasteiger partial charge in [-0.05, 0) is 43.0 Å². The molecule has 0 saturated carbocycles. The van der Waals surface area contributed by atoms with Crippen molar-refractivity contribution in [2.45, 2.75) is 46.6 Å². The minimum absolute atomic E-state index is 0.00601. The molecule has 1 aliphatic heterocycles. The van der Waals surface area contributed by atoms with Gasteiger partial charge in [-0.15, -0.1) is 0 Å². The predicted octanol–water partition coefficient (Wildman–Crippen LogP) is 5.70. The number of amides is 2. The Morgan fingerprint density at radius 3 is 2.30 bits per heavy atom. The topological polar surface area (TPSA) is 62.3 Å². The monoisotopic (exact) mass is 441 g/mol. The van der Waals surface area contributed by atoms with E-state index >= 15 is 0 Å². The minimum Gasteiger partial charge on any atom is -0.330 e. The number of aromatic nitrogens is 1. The van der Waals surface area contributed by atoms with Crippen LogP contribution < -0.4 is 5.32 Å². The fraction of sp³-hybridized carbons (Fsp3) is 0.321. The lowest BCUT2D eigenvalue weighted by Gasteiger charge is -2.30. The van der Waals surface area contributed by atoms with Gasteiger partial charge in [0.05, 0.1) is 5.69 Å². The van der Waals surface area contributed by atoms with Crippen molar-refractivity contribution in [1.29, 1.82) is 0 Å². The third-order valence-electron chi connectivity index (χ3n) is 5.99. The number of likely N-dealkylation sites (tertiary alicyclic amines) is 1. The van der Waals surface area contributed by atoms with Crippen LogP contribution in [0.2, 0.25) is 0 Å². The predicted molar refractivity (Wildman–Crippen MR) is 133 cm³/mol. The number of carbonyl (C=O) groups is 2. The molecule has 0 bridgehead atoms. The number of rotatable bonds is 4. The first kappa shape index (κ1) is 22.7. The summed E-state index contributed by atoms with van der Waals surface area (Å²) >= 11 is 0. The van der Waals surface area contributed by atoms with E-state index in [9.17, 15) is 9.59 Å². The van der Waals surface area contributed by atoms with E-state index in [1.165, 1.54) is 5.56 Å². The van der Waals surface area contributed by atoms with E-state index in [4.69, 9.17) is 4.98 Å². The van der Waals surface area contributed by atoms with Crippen molar-refractivity contribution in [2.24, 2.45) is 5.41 Å². The van der Waals surface area contributed by atoms with Crippen LogP contribution in [0.25, 0.3) is 22.4 Å². The molecule has 0 radical (unpaired) electrons. The Morgan fingerprint density at radius 2 is 1.64 bits per heavy atom. The first-order valence-corrected chi connectivity index (χ1v) is 11.5. The van der Waals surface area contributed by atoms with Crippen molar-refractivity contribution >= 4 is 17.6 Å². The van der Waals surface area contributed by atoms with Crippen LogP contribution in [0.3, 0.4) is 0 Å². The molecule has 1 aromatic heterocycles. The van der Waals surface area contributed by atoms with Gasteiger partial charge in [0.1, 0.15) is 11.9 Å². The van der Waals surface area contributed by atoms with E-state index in [2.05, 4.69) is 36.5 Å². The second-order valence-electron chi connectivity index (χ2n) is 9.75. The SMILES string of the molecule is Cc1ccc(-c2cc(NC(=O)[C@@H]3CCCN3C(=O)C(C)(C)C)nc(-c3ccccc3)c2)cc1. The van der Waals surface area contributed by atoms with Gasteiger partial charge in [0.25, 0.3) is 0 Å². The molecule has 5 nitrogen and oxygen atoms in total. The summed E-state index contributed by atoms with van der Waals surface area (Å²) in [5.41, 5.74) is 4.47. The number of carbonyl (C=O) groups excluding carboxylic acids is 2. The Bertz CT molecular complexity index is 1150. The molecular formula is C28H31N3O2. The number of nitrogens with zero attached hydrogens (tertiary/aromatic N) is 2. The van der Waals surface area contributed by atoms with Crippen molar-refractivity contribution in [2.75, 3.05) is 11.9 Å². The Morgan fingerprint density at radius 1 is 0.939 bits per heavy atom. The fourth-order valence-electron chi connectivity index (χ4n) is 4.19. The smallest absolute Gasteiger partial charge is 0.248 e. The highest BCUT2D eigenvalue weighted by Gasteiger charge is 2.38. The zero-order valence-electron chi connectivity index (χ0n) is 19.8. The summed E-state index contributed by atoms with van der Waals surface area (Å²) in [5, 5.41) is 3.01. The Hall–Kier alpha value is -3.47. The largest absolute Gasteiger partial charge is 0.330 e. The molecule has 33 heavy (non-hydrogen) atoms. The van der Waals surface area contributed by atoms with Gasteiger partial charge in [-0.1, -0.05) is 80.9 Å². The molecule has 4 rings (SSSR count). The average molecular weight is 442 g/mol. The summed E-state index contributed by atoms with van der Waals surface area (Å²) in [6.45, 7) is 8.34. The maximum atomic E-state index is 13.3. The van der Waals surface area contributed by atoms with E-state index in [1.807, 2.05) is 63.2 Å². The maximum absolute atomic E-state index is 13.3. The quantitative estimate of drug-likeness (QED) is 0.565. The summed E-state index contributed by atoms with van der Waals surface area (Å²) in [6.07, 6.45) is 1.49. The number of hydrogen-bond acceptors (Lipinski definition) is 3. The van der Waals surface area contributed by atoms with E-state index < -0.39 is 11.5 Å². The van der Waals surface area contributed by atoms with Gasteiger partial charge >= 0.3 is 0 Å². The lowest BCUT2D eigenvalue weighted by molar-refractivity contribution is -0.143. The lowest BCUT2D eigenvalue weighted by Crippen LogP contribution is -2.47. The third kappa shape index (κ3) is 5.14. The summed E-state index contributed by atoms with van der Waals surface area (Å²) in [5.74, 6) is 0.316. The van der Waals surface area contributed by atoms with Crippen molar-refractivity contribution < 1.29 is 9.59 Å². The van der Waals surface area contributed by atoms with E-state index in [0.29, 0.717) is 18.8 Å². The van der Waals surface area contributed by atoms with Crippen LogP contribution in [-0.4, -0.2) is 34.3 Å². The first-order chi connectivity index (χ1) is 15.7. The van der Waals surface area contributed by atoms with Gasteiger partial charge in [-0.2, -0.15) is 0 Å². The van der Waals surface area contributed by atoms with E-state index in [-0.39, 0.29) is 11.8 Å². The van der Waals surface area contributed by atoms with Gasteiger partial charge in [0, 0.05) is 17.5 Å². The second-order valence-corrected chi connectivity index (χ2v) is 9.75. The molecule has 1 N–H and O–H groups in total. The first-order valence-electron chi connectivity index (χ1n) is 11.5. The molecule has 1 saturated heterocycles. The van der Waals surface area contributed by atoms with Gasteiger partial charge in [-0.3, -0.25) is 9.59 Å². The number of benzene rings is 2. The molecule has 2 heterocycles. The highest BCUT2D eigenvalue weighted by atomic mass is 16.2. The maximum Gasteiger partial charge on any atom is 0.248 e. The average Bonchev–Trinajstić information content (AvgIpc) is 3.29. The number of nitrogens with one attached hydrogen (secondary N) is 1. The normalized spacial score (nSPS) is 16.0. The third-order valence-corrected chi connectivity index (χ3v) is 5.99. The second kappa shape index (κ2) is 9.18. The molecule has 5 heteroatoms. The van der Waals surface area contributed by atoms with Crippen molar-refractivity contribution in [1.82, 2.24) is 9.88 Å². The van der Waals surface area contributed by atoms with Gasteiger partial charge in [0.15, 0.2) is 0 Å². The molecule has 0 spiro atoms. The lowest BCUT2D eigenvalue weighted by atomic mass is 9.94. The summed E-state index contributed by atoms with van der Waals surface area (Å²) < 4.78 is 0. The minimum atomic E-state index is -0.521. The summed E-state index contributed by atoms with van der Waals surface area (Å²) in [6, 6.07) is 21.7. The van der Waals surface area contributed by atoms with Gasteiger partial charge in [-0.25, -0.2) is 4.98 Å². The van der Waals surface area contributed by atoms with Crippen LogP contribution in [0.5, 0.6) is 0 Å². The number of aryl methyl sites for hydroxylation is 1. The van der Waals surface area contributed by atoms with Crippen LogP contribution >= 0.6 is 0 Å². The van der Waals surface area contributed by atoms with Crippen LogP contribution in [0.1, 0.15) is 39.2 Å². The number of hydrogen-bond donors (Lipinski definition) is 1. The van der Waals surface area contributed by atoms with Crippen molar-refractivity contribution in [3.8, 4) is 22.4 Å². The molecule has 1 aliphatic rings. The van der Waals surface area contributed by atoms with Gasteiger partial charge < -0.3 is 10.2 Å². The van der Waals surface area contributed by atoms with Crippen molar-refractivity contribution in [3.63, 3.8) is 0 Å². The van der Waals surface area contributed by atoms with Crippen LogP contribution in [-0.2, 0) is 9.59 Å². The highest BCUT2D eigenvalue weighted by Crippen LogP contribution is 2.30. The van der Waals surface area contributed by atoms with Crippen molar-refractivity contribution in [3.05, 3.63) is 72.3 Å². The summed E-state index contributed by atoms with van der Waals surface area (Å²) in [4.78, 5) is 32.6. The zero-order chi connectivity index (χ0) is 23.6. The highest BCUT2D eigenvalue weighted by molar-refractivity contribution is 5.98. The summed E-state index contributed by atoms with van der Waals surface area (Å²) in [7, 11) is 0. The molecule has 0 aliphatic carbocycles. The number of anilines is 1. The molecule has 1 fully saturated rings. The molecule has 0 unspecified atom stereocenters. The Kier molecular flexibility index (Phi) is 6.32. The molecular weight excluding hydrogens is 410 g/mol. The standard InChI is InChI=1S/C28H31N3O2/c1-19-12-14-20(15-13-19)22-17-23(21-9-6-5-7-10-21)29-25(18-22)30-26(32)24-11-8-16-31(24)27(33)28(2,3)4/h5-7,9-10,12-15,17-18,24H,8,11,16H2,1-4H3,(H,29,30,32)/t24-/m0/s1. The zero-order valence-corrected chi connectivity index (χ0v) is 19.8. The molecule has 2 aromatic carbocycles. The Balaban J connectivity index is 1.66. The van der Waals surface area contributed by atoms with Gasteiger partial charge in [0.2, 0.25) is 11.8 Å². The van der Waals surface area contributed by atoms with E-state index in [0.717, 1.165) is 28.8 Å².